The van der Waals surface area contributed by atoms with Crippen molar-refractivity contribution in [3.05, 3.63) is 70.8 Å². The second-order valence-corrected chi connectivity index (χ2v) is 10.1. The van der Waals surface area contributed by atoms with Crippen LogP contribution in [0.2, 0.25) is 0 Å². The maximum absolute atomic E-state index is 12.8. The standard InChI is InChI=1S/C23H27NO4S/c1-17-3-7-19(8-4-17)22(25)20-11-14-24(15-12-20)23(26)21-9-5-18(6-10-21)13-16-29(2,27)28/h3-10,20H,11-16H2,1-2H3. The van der Waals surface area contributed by atoms with Gasteiger partial charge >= 0.3 is 0 Å². The SMILES string of the molecule is Cc1ccc(C(=O)C2CCN(C(=O)c3ccc(CCS(C)(=O)=O)cc3)CC2)cc1. The number of ketones is 1. The minimum absolute atomic E-state index is 0.0408. The first kappa shape index (κ1) is 21.2. The highest BCUT2D eigenvalue weighted by Gasteiger charge is 2.28. The summed E-state index contributed by atoms with van der Waals surface area (Å²) < 4.78 is 22.6. The third-order valence-corrected chi connectivity index (χ3v) is 6.40. The van der Waals surface area contributed by atoms with Gasteiger partial charge in [0.25, 0.3) is 5.91 Å². The van der Waals surface area contributed by atoms with Gasteiger partial charge in [-0.3, -0.25) is 9.59 Å². The monoisotopic (exact) mass is 413 g/mol. The zero-order valence-electron chi connectivity index (χ0n) is 16.9. The van der Waals surface area contributed by atoms with Crippen molar-refractivity contribution in [1.82, 2.24) is 4.90 Å². The van der Waals surface area contributed by atoms with E-state index >= 15 is 0 Å². The predicted octanol–water partition coefficient (Wildman–Crippen LogP) is 3.32. The van der Waals surface area contributed by atoms with Crippen LogP contribution in [0.15, 0.2) is 48.5 Å². The molecule has 29 heavy (non-hydrogen) atoms. The molecule has 0 radical (unpaired) electrons. The van der Waals surface area contributed by atoms with E-state index in [-0.39, 0.29) is 23.4 Å². The number of hydrogen-bond acceptors (Lipinski definition) is 4. The lowest BCUT2D eigenvalue weighted by Crippen LogP contribution is -2.40. The highest BCUT2D eigenvalue weighted by molar-refractivity contribution is 7.90. The number of nitrogens with zero attached hydrogens (tertiary/aromatic N) is 1. The summed E-state index contributed by atoms with van der Waals surface area (Å²) in [7, 11) is -3.00. The fourth-order valence-corrected chi connectivity index (χ4v) is 4.20. The van der Waals surface area contributed by atoms with E-state index in [1.807, 2.05) is 43.3 Å². The van der Waals surface area contributed by atoms with Crippen molar-refractivity contribution in [1.29, 1.82) is 0 Å². The van der Waals surface area contributed by atoms with E-state index in [4.69, 9.17) is 0 Å². The molecule has 1 fully saturated rings. The third-order valence-electron chi connectivity index (χ3n) is 5.45. The fourth-order valence-electron chi connectivity index (χ4n) is 3.60. The van der Waals surface area contributed by atoms with Gasteiger partial charge in [0.1, 0.15) is 9.84 Å². The molecule has 6 heteroatoms. The lowest BCUT2D eigenvalue weighted by atomic mass is 9.88. The van der Waals surface area contributed by atoms with E-state index in [1.54, 1.807) is 17.0 Å². The normalized spacial score (nSPS) is 15.3. The number of hydrogen-bond donors (Lipinski definition) is 0. The van der Waals surface area contributed by atoms with E-state index in [1.165, 1.54) is 6.26 Å². The molecule has 0 saturated carbocycles. The second-order valence-electron chi connectivity index (χ2n) is 7.87. The van der Waals surface area contributed by atoms with E-state index in [9.17, 15) is 18.0 Å². The zero-order chi connectivity index (χ0) is 21.0. The summed E-state index contributed by atoms with van der Waals surface area (Å²) in [5, 5.41) is 0. The van der Waals surface area contributed by atoms with Gasteiger partial charge in [-0.2, -0.15) is 0 Å². The van der Waals surface area contributed by atoms with Crippen LogP contribution < -0.4 is 0 Å². The van der Waals surface area contributed by atoms with Crippen molar-refractivity contribution in [3.8, 4) is 0 Å². The quantitative estimate of drug-likeness (QED) is 0.681. The van der Waals surface area contributed by atoms with Gasteiger partial charge in [0.2, 0.25) is 0 Å². The molecule has 0 bridgehead atoms. The van der Waals surface area contributed by atoms with E-state index in [2.05, 4.69) is 0 Å². The number of amides is 1. The average molecular weight is 414 g/mol. The van der Waals surface area contributed by atoms with Crippen LogP contribution in [0.5, 0.6) is 0 Å². The van der Waals surface area contributed by atoms with Gasteiger partial charge in [0.05, 0.1) is 5.75 Å². The summed E-state index contributed by atoms with van der Waals surface area (Å²) in [5.41, 5.74) is 3.36. The van der Waals surface area contributed by atoms with Crippen LogP contribution in [0, 0.1) is 12.8 Å². The number of aryl methyl sites for hydroxylation is 2. The van der Waals surface area contributed by atoms with Crippen LogP contribution in [0.25, 0.3) is 0 Å². The Balaban J connectivity index is 1.55. The van der Waals surface area contributed by atoms with Crippen LogP contribution in [-0.2, 0) is 16.3 Å². The Labute approximate surface area is 172 Å². The summed E-state index contributed by atoms with van der Waals surface area (Å²) in [6.45, 7) is 3.13. The molecule has 2 aromatic rings. The van der Waals surface area contributed by atoms with Gasteiger partial charge in [-0.15, -0.1) is 0 Å². The van der Waals surface area contributed by atoms with Crippen molar-refractivity contribution < 1.29 is 18.0 Å². The molecule has 154 valence electrons. The molecule has 0 unspecified atom stereocenters. The Morgan fingerprint density at radius 1 is 0.931 bits per heavy atom. The zero-order valence-corrected chi connectivity index (χ0v) is 17.7. The summed E-state index contributed by atoms with van der Waals surface area (Å²) >= 11 is 0. The van der Waals surface area contributed by atoms with Crippen LogP contribution in [0.4, 0.5) is 0 Å². The molecule has 5 nitrogen and oxygen atoms in total. The van der Waals surface area contributed by atoms with Gasteiger partial charge < -0.3 is 4.90 Å². The van der Waals surface area contributed by atoms with Crippen molar-refractivity contribution in [2.24, 2.45) is 5.92 Å². The number of likely N-dealkylation sites (tertiary alicyclic amines) is 1. The van der Waals surface area contributed by atoms with Crippen molar-refractivity contribution in [2.45, 2.75) is 26.2 Å². The van der Waals surface area contributed by atoms with Crippen LogP contribution in [0.3, 0.4) is 0 Å². The Morgan fingerprint density at radius 2 is 1.48 bits per heavy atom. The van der Waals surface area contributed by atoms with E-state index in [0.717, 1.165) is 16.7 Å². The van der Waals surface area contributed by atoms with Gasteiger partial charge in [-0.05, 0) is 43.9 Å². The summed E-state index contributed by atoms with van der Waals surface area (Å²) in [4.78, 5) is 27.2. The molecule has 1 heterocycles. The minimum atomic E-state index is -3.00. The smallest absolute Gasteiger partial charge is 0.253 e. The predicted molar refractivity (Wildman–Crippen MR) is 114 cm³/mol. The molecular weight excluding hydrogens is 386 g/mol. The van der Waals surface area contributed by atoms with E-state index < -0.39 is 9.84 Å². The Bertz CT molecular complexity index is 971. The van der Waals surface area contributed by atoms with Gasteiger partial charge in [0, 0.05) is 36.4 Å². The Morgan fingerprint density at radius 3 is 2.03 bits per heavy atom. The number of carbonyl (C=O) groups excluding carboxylic acids is 2. The number of Topliss-reactive ketones (excluding diaryl/α,β-unsaturated/α-hetero) is 1. The maximum Gasteiger partial charge on any atom is 0.253 e. The van der Waals surface area contributed by atoms with Crippen molar-refractivity contribution in [3.63, 3.8) is 0 Å². The van der Waals surface area contributed by atoms with Gasteiger partial charge in [-0.25, -0.2) is 8.42 Å². The highest BCUT2D eigenvalue weighted by Crippen LogP contribution is 2.23. The van der Waals surface area contributed by atoms with Crippen molar-refractivity contribution >= 4 is 21.5 Å². The highest BCUT2D eigenvalue weighted by atomic mass is 32.2. The molecule has 1 aliphatic heterocycles. The molecule has 0 atom stereocenters. The molecule has 3 rings (SSSR count). The first-order valence-corrected chi connectivity index (χ1v) is 12.0. The number of carbonyl (C=O) groups is 2. The summed E-state index contributed by atoms with van der Waals surface area (Å²) in [6.07, 6.45) is 3.01. The molecular formula is C23H27NO4S. The van der Waals surface area contributed by atoms with Gasteiger partial charge in [-0.1, -0.05) is 42.0 Å². The summed E-state index contributed by atoms with van der Waals surface area (Å²) in [6, 6.07) is 14.8. The van der Waals surface area contributed by atoms with Gasteiger partial charge in [0.15, 0.2) is 5.78 Å². The number of sulfone groups is 1. The fraction of sp³-hybridized carbons (Fsp3) is 0.391. The van der Waals surface area contributed by atoms with E-state index in [0.29, 0.717) is 37.9 Å². The van der Waals surface area contributed by atoms with Crippen LogP contribution in [0.1, 0.15) is 44.7 Å². The van der Waals surface area contributed by atoms with Crippen LogP contribution >= 0.6 is 0 Å². The molecule has 0 aliphatic carbocycles. The number of benzene rings is 2. The number of rotatable bonds is 6. The maximum atomic E-state index is 12.8. The molecule has 1 amide bonds. The third kappa shape index (κ3) is 5.76. The Kier molecular flexibility index (Phi) is 6.52. The molecule has 0 N–H and O–H groups in total. The lowest BCUT2D eigenvalue weighted by Gasteiger charge is -2.31. The molecule has 1 saturated heterocycles. The molecule has 0 spiro atoms. The Hall–Kier alpha value is -2.47. The van der Waals surface area contributed by atoms with Crippen molar-refractivity contribution in [2.75, 3.05) is 25.1 Å². The molecule has 0 aromatic heterocycles. The number of piperidine rings is 1. The first-order valence-electron chi connectivity index (χ1n) is 9.90. The topological polar surface area (TPSA) is 71.5 Å². The first-order chi connectivity index (χ1) is 13.7. The molecule has 1 aliphatic rings. The lowest BCUT2D eigenvalue weighted by molar-refractivity contribution is 0.0650. The largest absolute Gasteiger partial charge is 0.339 e. The molecule has 2 aromatic carbocycles. The minimum Gasteiger partial charge on any atom is -0.339 e. The average Bonchev–Trinajstić information content (AvgIpc) is 2.72. The summed E-state index contributed by atoms with van der Waals surface area (Å²) in [5.74, 6) is 0.177. The second kappa shape index (κ2) is 8.91. The van der Waals surface area contributed by atoms with Crippen LogP contribution in [-0.4, -0.2) is 50.1 Å².